The van der Waals surface area contributed by atoms with Crippen molar-refractivity contribution in [3.05, 3.63) is 105 Å². The molecule has 0 aliphatic carbocycles. The highest BCUT2D eigenvalue weighted by molar-refractivity contribution is 5.73. The molecule has 0 bridgehead atoms. The van der Waals surface area contributed by atoms with E-state index in [0.717, 1.165) is 16.7 Å². The SMILES string of the molecule is CC(C)c1cccc(C(C)C)c1C(NC(N)=O)c1ccc(OCc2ccc([N+](=O)[O-])cc2)cc1. The smallest absolute Gasteiger partial charge is 0.312 e. The number of nitrogens with two attached hydrogens (primary N) is 1. The second-order valence-corrected chi connectivity index (χ2v) is 8.88. The molecular weight excluding hydrogens is 430 g/mol. The average molecular weight is 462 g/mol. The Kier molecular flexibility index (Phi) is 7.89. The Hall–Kier alpha value is -3.87. The highest BCUT2D eigenvalue weighted by atomic mass is 16.6. The monoisotopic (exact) mass is 461 g/mol. The molecule has 1 unspecified atom stereocenters. The number of nitro benzene ring substituents is 1. The minimum Gasteiger partial charge on any atom is -0.489 e. The third-order valence-electron chi connectivity index (χ3n) is 5.76. The number of nitrogens with zero attached hydrogens (tertiary/aromatic N) is 1. The highest BCUT2D eigenvalue weighted by Gasteiger charge is 2.24. The third-order valence-corrected chi connectivity index (χ3v) is 5.76. The quantitative estimate of drug-likeness (QED) is 0.293. The molecule has 3 aromatic carbocycles. The molecule has 3 aromatic rings. The van der Waals surface area contributed by atoms with E-state index >= 15 is 0 Å². The first-order chi connectivity index (χ1) is 16.2. The number of carbonyl (C=O) groups is 1. The minimum absolute atomic E-state index is 0.0449. The number of benzene rings is 3. The van der Waals surface area contributed by atoms with Crippen LogP contribution in [0.1, 0.15) is 73.4 Å². The first-order valence-electron chi connectivity index (χ1n) is 11.3. The summed E-state index contributed by atoms with van der Waals surface area (Å²) in [4.78, 5) is 22.3. The number of urea groups is 1. The van der Waals surface area contributed by atoms with Crippen molar-refractivity contribution < 1.29 is 14.5 Å². The topological polar surface area (TPSA) is 107 Å². The van der Waals surface area contributed by atoms with Crippen LogP contribution >= 0.6 is 0 Å². The van der Waals surface area contributed by atoms with Gasteiger partial charge >= 0.3 is 6.03 Å². The van der Waals surface area contributed by atoms with Gasteiger partial charge in [-0.05, 0) is 63.9 Å². The zero-order chi connectivity index (χ0) is 24.8. The Labute approximate surface area is 200 Å². The number of rotatable bonds is 9. The van der Waals surface area contributed by atoms with Gasteiger partial charge in [-0.2, -0.15) is 0 Å². The number of amides is 2. The summed E-state index contributed by atoms with van der Waals surface area (Å²) in [5, 5.41) is 13.7. The maximum atomic E-state index is 12.0. The van der Waals surface area contributed by atoms with Crippen LogP contribution in [0, 0.1) is 10.1 Å². The fraction of sp³-hybridized carbons (Fsp3) is 0.296. The Bertz CT molecular complexity index is 1110. The molecule has 2 amide bonds. The molecule has 0 aliphatic rings. The summed E-state index contributed by atoms with van der Waals surface area (Å²) in [7, 11) is 0. The summed E-state index contributed by atoms with van der Waals surface area (Å²) < 4.78 is 5.86. The van der Waals surface area contributed by atoms with Gasteiger partial charge in [-0.1, -0.05) is 58.0 Å². The lowest BCUT2D eigenvalue weighted by molar-refractivity contribution is -0.384. The first-order valence-corrected chi connectivity index (χ1v) is 11.3. The Morgan fingerprint density at radius 1 is 0.941 bits per heavy atom. The third kappa shape index (κ3) is 5.92. The van der Waals surface area contributed by atoms with Crippen LogP contribution in [0.2, 0.25) is 0 Å². The molecule has 1 atom stereocenters. The van der Waals surface area contributed by atoms with E-state index in [4.69, 9.17) is 10.5 Å². The zero-order valence-electron chi connectivity index (χ0n) is 19.9. The molecule has 7 heteroatoms. The van der Waals surface area contributed by atoms with Crippen molar-refractivity contribution in [1.29, 1.82) is 0 Å². The fourth-order valence-electron chi connectivity index (χ4n) is 4.04. The number of primary amides is 1. The van der Waals surface area contributed by atoms with E-state index < -0.39 is 17.0 Å². The number of non-ortho nitro benzene ring substituents is 1. The summed E-state index contributed by atoms with van der Waals surface area (Å²) in [6, 6.07) is 19.1. The van der Waals surface area contributed by atoms with E-state index in [0.29, 0.717) is 5.75 Å². The molecule has 0 saturated carbocycles. The van der Waals surface area contributed by atoms with E-state index in [1.165, 1.54) is 23.3 Å². The summed E-state index contributed by atoms with van der Waals surface area (Å²) in [6.07, 6.45) is 0. The molecule has 0 aromatic heterocycles. The van der Waals surface area contributed by atoms with Gasteiger partial charge in [0, 0.05) is 12.1 Å². The summed E-state index contributed by atoms with van der Waals surface area (Å²) in [6.45, 7) is 8.84. The van der Waals surface area contributed by atoms with Crippen molar-refractivity contribution in [3.8, 4) is 5.75 Å². The van der Waals surface area contributed by atoms with Gasteiger partial charge in [0.1, 0.15) is 12.4 Å². The second-order valence-electron chi connectivity index (χ2n) is 8.88. The van der Waals surface area contributed by atoms with Crippen molar-refractivity contribution in [2.45, 2.75) is 52.2 Å². The van der Waals surface area contributed by atoms with E-state index in [-0.39, 0.29) is 24.1 Å². The largest absolute Gasteiger partial charge is 0.489 e. The van der Waals surface area contributed by atoms with Crippen molar-refractivity contribution in [2.75, 3.05) is 0 Å². The molecule has 0 radical (unpaired) electrons. The lowest BCUT2D eigenvalue weighted by Gasteiger charge is -2.27. The van der Waals surface area contributed by atoms with Crippen LogP contribution in [0.5, 0.6) is 5.75 Å². The van der Waals surface area contributed by atoms with Crippen molar-refractivity contribution in [3.63, 3.8) is 0 Å². The van der Waals surface area contributed by atoms with Gasteiger partial charge < -0.3 is 15.8 Å². The molecule has 3 rings (SSSR count). The Balaban J connectivity index is 1.88. The molecule has 3 N–H and O–H groups in total. The van der Waals surface area contributed by atoms with Crippen molar-refractivity contribution in [1.82, 2.24) is 5.32 Å². The first kappa shape index (κ1) is 24.8. The summed E-state index contributed by atoms with van der Waals surface area (Å²) >= 11 is 0. The predicted octanol–water partition coefficient (Wildman–Crippen LogP) is 6.18. The van der Waals surface area contributed by atoms with Gasteiger partial charge in [-0.25, -0.2) is 4.79 Å². The number of ether oxygens (including phenoxy) is 1. The molecule has 178 valence electrons. The van der Waals surface area contributed by atoms with Crippen LogP contribution in [0.3, 0.4) is 0 Å². The average Bonchev–Trinajstić information content (AvgIpc) is 2.81. The van der Waals surface area contributed by atoms with Crippen LogP contribution in [-0.2, 0) is 6.61 Å². The molecule has 0 saturated heterocycles. The van der Waals surface area contributed by atoms with Crippen LogP contribution in [0.4, 0.5) is 10.5 Å². The number of nitro groups is 1. The molecule has 0 aliphatic heterocycles. The number of nitrogens with one attached hydrogen (secondary N) is 1. The molecular formula is C27H31N3O4. The van der Waals surface area contributed by atoms with Gasteiger partial charge in [-0.15, -0.1) is 0 Å². The van der Waals surface area contributed by atoms with Gasteiger partial charge in [0.25, 0.3) is 5.69 Å². The van der Waals surface area contributed by atoms with Gasteiger partial charge in [-0.3, -0.25) is 10.1 Å². The summed E-state index contributed by atoms with van der Waals surface area (Å²) in [5.74, 6) is 1.20. The normalized spacial score (nSPS) is 11.9. The lowest BCUT2D eigenvalue weighted by atomic mass is 9.83. The summed E-state index contributed by atoms with van der Waals surface area (Å²) in [5.41, 5.74) is 10.8. The van der Waals surface area contributed by atoms with Crippen molar-refractivity contribution in [2.24, 2.45) is 5.73 Å². The highest BCUT2D eigenvalue weighted by Crippen LogP contribution is 2.36. The van der Waals surface area contributed by atoms with E-state index in [2.05, 4.69) is 51.2 Å². The van der Waals surface area contributed by atoms with Crippen molar-refractivity contribution >= 4 is 11.7 Å². The van der Waals surface area contributed by atoms with E-state index in [1.54, 1.807) is 12.1 Å². The molecule has 0 spiro atoms. The van der Waals surface area contributed by atoms with Gasteiger partial charge in [0.05, 0.1) is 11.0 Å². The molecule has 7 nitrogen and oxygen atoms in total. The van der Waals surface area contributed by atoms with Crippen LogP contribution in [0.15, 0.2) is 66.7 Å². The van der Waals surface area contributed by atoms with Crippen LogP contribution in [-0.4, -0.2) is 11.0 Å². The molecule has 34 heavy (non-hydrogen) atoms. The maximum Gasteiger partial charge on any atom is 0.312 e. The van der Waals surface area contributed by atoms with E-state index in [1.807, 2.05) is 24.3 Å². The van der Waals surface area contributed by atoms with E-state index in [9.17, 15) is 14.9 Å². The molecule has 0 heterocycles. The van der Waals surface area contributed by atoms with Gasteiger partial charge in [0.15, 0.2) is 0 Å². The van der Waals surface area contributed by atoms with Crippen LogP contribution in [0.25, 0.3) is 0 Å². The number of carbonyl (C=O) groups excluding carboxylic acids is 1. The Morgan fingerprint density at radius 3 is 1.97 bits per heavy atom. The maximum absolute atomic E-state index is 12.0. The Morgan fingerprint density at radius 2 is 1.50 bits per heavy atom. The standard InChI is InChI=1S/C27H31N3O4/c1-17(2)23-6-5-7-24(18(3)4)25(23)26(29-27(28)31)20-10-14-22(15-11-20)34-16-19-8-12-21(13-9-19)30(32)33/h5-15,17-18,26H,16H2,1-4H3,(H3,28,29,31). The minimum atomic E-state index is -0.586. The lowest BCUT2D eigenvalue weighted by Crippen LogP contribution is -2.35. The van der Waals surface area contributed by atoms with Gasteiger partial charge in [0.2, 0.25) is 0 Å². The number of hydrogen-bond acceptors (Lipinski definition) is 4. The number of hydrogen-bond donors (Lipinski definition) is 2. The van der Waals surface area contributed by atoms with Crippen LogP contribution < -0.4 is 15.8 Å². The molecule has 0 fully saturated rings. The fourth-order valence-corrected chi connectivity index (χ4v) is 4.04. The zero-order valence-corrected chi connectivity index (χ0v) is 19.9. The predicted molar refractivity (Wildman–Crippen MR) is 133 cm³/mol. The second kappa shape index (κ2) is 10.8.